The van der Waals surface area contributed by atoms with Crippen LogP contribution in [0.4, 0.5) is 0 Å². The summed E-state index contributed by atoms with van der Waals surface area (Å²) < 4.78 is 5.40. The highest BCUT2D eigenvalue weighted by Crippen LogP contribution is 2.28. The highest BCUT2D eigenvalue weighted by Gasteiger charge is 2.32. The van der Waals surface area contributed by atoms with Crippen molar-refractivity contribution in [3.63, 3.8) is 0 Å². The molecule has 1 aromatic carbocycles. The second-order valence-electron chi connectivity index (χ2n) is 8.62. The van der Waals surface area contributed by atoms with Crippen LogP contribution in [0.2, 0.25) is 0 Å². The number of rotatable bonds is 10. The number of carbonyl (C=O) groups excluding carboxylic acids is 2. The lowest BCUT2D eigenvalue weighted by atomic mass is 9.84. The Morgan fingerprint density at radius 1 is 1.33 bits per heavy atom. The third-order valence-corrected chi connectivity index (χ3v) is 7.86. The third kappa shape index (κ3) is 7.21. The molecule has 1 fully saturated rings. The van der Waals surface area contributed by atoms with Crippen LogP contribution in [0.25, 0.3) is 0 Å². The van der Waals surface area contributed by atoms with Gasteiger partial charge in [0.1, 0.15) is 5.75 Å². The van der Waals surface area contributed by atoms with Gasteiger partial charge in [-0.05, 0) is 56.1 Å². The average molecular weight is 490 g/mol. The molecule has 0 N–H and O–H groups in total. The fourth-order valence-corrected chi connectivity index (χ4v) is 5.49. The second kappa shape index (κ2) is 12.4. The van der Waals surface area contributed by atoms with Gasteiger partial charge in [-0.15, -0.1) is 11.3 Å². The quantitative estimate of drug-likeness (QED) is 0.504. The van der Waals surface area contributed by atoms with E-state index in [9.17, 15) is 9.59 Å². The normalized spacial score (nSPS) is 15.3. The zero-order valence-corrected chi connectivity index (χ0v) is 21.7. The molecule has 0 unspecified atom stereocenters. The smallest absolute Gasteiger partial charge is 0.228 e. The second-order valence-corrected chi connectivity index (χ2v) is 10.7. The number of likely N-dealkylation sites (N-methyl/N-ethyl adjacent to an activating group) is 1. The summed E-state index contributed by atoms with van der Waals surface area (Å²) in [7, 11) is 3.62. The summed E-state index contributed by atoms with van der Waals surface area (Å²) >= 11 is 3.28. The number of thioether (sulfide) groups is 1. The van der Waals surface area contributed by atoms with Gasteiger partial charge in [0.2, 0.25) is 11.8 Å². The van der Waals surface area contributed by atoms with Crippen LogP contribution in [-0.2, 0) is 22.4 Å². The van der Waals surface area contributed by atoms with E-state index in [2.05, 4.69) is 17.1 Å². The molecule has 0 aliphatic carbocycles. The van der Waals surface area contributed by atoms with E-state index in [0.29, 0.717) is 18.8 Å². The SMILES string of the molecule is COc1cccc(C[C@@H](C2CCN(C(=O)Cc3csc(C)n3)CC2)N(C)C(=O)CCSC)c1. The minimum Gasteiger partial charge on any atom is -0.497 e. The summed E-state index contributed by atoms with van der Waals surface area (Å²) in [5.41, 5.74) is 2.03. The summed E-state index contributed by atoms with van der Waals surface area (Å²) in [6.45, 7) is 3.42. The van der Waals surface area contributed by atoms with E-state index >= 15 is 0 Å². The Morgan fingerprint density at radius 2 is 2.09 bits per heavy atom. The molecule has 1 aliphatic heterocycles. The van der Waals surface area contributed by atoms with Gasteiger partial charge < -0.3 is 14.5 Å². The van der Waals surface area contributed by atoms with Crippen molar-refractivity contribution in [2.24, 2.45) is 5.92 Å². The van der Waals surface area contributed by atoms with Crippen molar-refractivity contribution in [3.05, 3.63) is 45.9 Å². The molecule has 8 heteroatoms. The van der Waals surface area contributed by atoms with Crippen molar-refractivity contribution in [1.29, 1.82) is 0 Å². The number of thiazole rings is 1. The maximum atomic E-state index is 12.9. The number of benzene rings is 1. The lowest BCUT2D eigenvalue weighted by Crippen LogP contribution is -2.48. The van der Waals surface area contributed by atoms with Gasteiger partial charge in [0.15, 0.2) is 0 Å². The average Bonchev–Trinajstić information content (AvgIpc) is 3.25. The first-order valence-electron chi connectivity index (χ1n) is 11.5. The first kappa shape index (κ1) is 25.6. The number of hydrogen-bond acceptors (Lipinski definition) is 6. The Morgan fingerprint density at radius 3 is 2.73 bits per heavy atom. The molecule has 0 spiro atoms. The van der Waals surface area contributed by atoms with Crippen molar-refractivity contribution >= 4 is 34.9 Å². The van der Waals surface area contributed by atoms with Gasteiger partial charge in [0.05, 0.1) is 24.2 Å². The molecule has 1 saturated heterocycles. The van der Waals surface area contributed by atoms with Crippen molar-refractivity contribution < 1.29 is 14.3 Å². The number of ether oxygens (including phenoxy) is 1. The third-order valence-electron chi connectivity index (χ3n) is 6.43. The number of nitrogens with zero attached hydrogens (tertiary/aromatic N) is 3. The lowest BCUT2D eigenvalue weighted by molar-refractivity contribution is -0.135. The summed E-state index contributed by atoms with van der Waals surface area (Å²) in [4.78, 5) is 34.0. The highest BCUT2D eigenvalue weighted by atomic mass is 32.2. The van der Waals surface area contributed by atoms with Crippen LogP contribution in [-0.4, -0.2) is 71.9 Å². The Bertz CT molecular complexity index is 925. The van der Waals surface area contributed by atoms with Crippen LogP contribution in [0.15, 0.2) is 29.6 Å². The zero-order valence-electron chi connectivity index (χ0n) is 20.1. The van der Waals surface area contributed by atoms with E-state index in [1.807, 2.05) is 47.5 Å². The van der Waals surface area contributed by atoms with Crippen LogP contribution < -0.4 is 4.74 Å². The van der Waals surface area contributed by atoms with Gasteiger partial charge >= 0.3 is 0 Å². The largest absolute Gasteiger partial charge is 0.497 e. The minimum atomic E-state index is 0.102. The van der Waals surface area contributed by atoms with E-state index in [0.717, 1.165) is 54.6 Å². The highest BCUT2D eigenvalue weighted by molar-refractivity contribution is 7.98. The standard InChI is InChI=1S/C25H35N3O3S2/c1-18-26-21(17-33-18)16-25(30)28-11-8-20(9-12-28)23(27(2)24(29)10-13-32-4)15-19-6-5-7-22(14-19)31-3/h5-7,14,17,20,23H,8-13,15-16H2,1-4H3/t23-/m0/s1. The summed E-state index contributed by atoms with van der Waals surface area (Å²) in [5, 5.41) is 2.96. The molecule has 1 aliphatic rings. The Hall–Kier alpha value is -2.06. The minimum absolute atomic E-state index is 0.102. The molecule has 1 atom stereocenters. The predicted molar refractivity (Wildman–Crippen MR) is 136 cm³/mol. The molecule has 2 aromatic rings. The van der Waals surface area contributed by atoms with Crippen LogP contribution in [0, 0.1) is 12.8 Å². The van der Waals surface area contributed by atoms with Gasteiger partial charge in [-0.2, -0.15) is 11.8 Å². The molecule has 1 aromatic heterocycles. The van der Waals surface area contributed by atoms with E-state index in [-0.39, 0.29) is 17.9 Å². The number of aromatic nitrogens is 1. The number of carbonyl (C=O) groups is 2. The topological polar surface area (TPSA) is 62.7 Å². The fraction of sp³-hybridized carbons (Fsp3) is 0.560. The van der Waals surface area contributed by atoms with Crippen LogP contribution in [0.5, 0.6) is 5.75 Å². The van der Waals surface area contributed by atoms with E-state index < -0.39 is 0 Å². The first-order chi connectivity index (χ1) is 15.9. The van der Waals surface area contributed by atoms with Crippen LogP contribution in [0.3, 0.4) is 0 Å². The van der Waals surface area contributed by atoms with E-state index in [4.69, 9.17) is 4.74 Å². The molecular weight excluding hydrogens is 454 g/mol. The van der Waals surface area contributed by atoms with Crippen LogP contribution >= 0.6 is 23.1 Å². The number of hydrogen-bond donors (Lipinski definition) is 0. The van der Waals surface area contributed by atoms with Gasteiger partial charge in [-0.1, -0.05) is 12.1 Å². The number of amides is 2. The maximum absolute atomic E-state index is 12.9. The number of piperidine rings is 1. The first-order valence-corrected chi connectivity index (χ1v) is 13.7. The molecule has 180 valence electrons. The molecule has 0 bridgehead atoms. The number of aryl methyl sites for hydroxylation is 1. The molecule has 3 rings (SSSR count). The Labute approximate surface area is 205 Å². The summed E-state index contributed by atoms with van der Waals surface area (Å²) in [6, 6.07) is 8.21. The summed E-state index contributed by atoms with van der Waals surface area (Å²) in [6.07, 6.45) is 5.54. The van der Waals surface area contributed by atoms with Crippen molar-refractivity contribution in [2.75, 3.05) is 39.3 Å². The van der Waals surface area contributed by atoms with E-state index in [1.54, 1.807) is 30.2 Å². The van der Waals surface area contributed by atoms with Gasteiger partial charge in [-0.25, -0.2) is 4.98 Å². The number of likely N-dealkylation sites (tertiary alicyclic amines) is 1. The monoisotopic (exact) mass is 489 g/mol. The maximum Gasteiger partial charge on any atom is 0.228 e. The predicted octanol–water partition coefficient (Wildman–Crippen LogP) is 4.06. The fourth-order valence-electron chi connectivity index (χ4n) is 4.50. The lowest BCUT2D eigenvalue weighted by Gasteiger charge is -2.40. The molecule has 33 heavy (non-hydrogen) atoms. The molecule has 6 nitrogen and oxygen atoms in total. The van der Waals surface area contributed by atoms with E-state index in [1.165, 1.54) is 5.56 Å². The van der Waals surface area contributed by atoms with Gasteiger partial charge in [0.25, 0.3) is 0 Å². The molecule has 2 amide bonds. The van der Waals surface area contributed by atoms with Crippen molar-refractivity contribution in [1.82, 2.24) is 14.8 Å². The van der Waals surface area contributed by atoms with Crippen LogP contribution in [0.1, 0.15) is 35.5 Å². The summed E-state index contributed by atoms with van der Waals surface area (Å²) in [5.74, 6) is 2.35. The molecule has 0 saturated carbocycles. The molecule has 2 heterocycles. The van der Waals surface area contributed by atoms with Crippen molar-refractivity contribution in [2.45, 2.75) is 45.1 Å². The van der Waals surface area contributed by atoms with Gasteiger partial charge in [0, 0.05) is 43.7 Å². The molecular formula is C25H35N3O3S2. The van der Waals surface area contributed by atoms with Crippen molar-refractivity contribution in [3.8, 4) is 5.75 Å². The Balaban J connectivity index is 1.66. The van der Waals surface area contributed by atoms with Gasteiger partial charge in [-0.3, -0.25) is 9.59 Å². The zero-order chi connectivity index (χ0) is 23.8. The molecule has 0 radical (unpaired) electrons. The Kier molecular flexibility index (Phi) is 9.62. The number of methoxy groups -OCH3 is 1.